The number of hydrogen-bond acceptors (Lipinski definition) is 6. The number of benzene rings is 3. The molecule has 1 aromatic heterocycles. The Morgan fingerprint density at radius 2 is 1.44 bits per heavy atom. The number of carbonyl (C=O) groups is 2. The van der Waals surface area contributed by atoms with Crippen molar-refractivity contribution in [1.29, 1.82) is 0 Å². The number of sulfonamides is 1. The van der Waals surface area contributed by atoms with Crippen LogP contribution >= 0.6 is 11.6 Å². The molecule has 3 aromatic carbocycles. The average Bonchev–Trinajstić information content (AvgIpc) is 3.40. The summed E-state index contributed by atoms with van der Waals surface area (Å²) in [5, 5.41) is 6.84. The normalized spacial score (nSPS) is 11.6. The number of hydrogen-bond donors (Lipinski definition) is 2. The molecule has 4 rings (SSSR count). The molecule has 41 heavy (non-hydrogen) atoms. The minimum absolute atomic E-state index is 0.0304. The van der Waals surface area contributed by atoms with E-state index in [0.29, 0.717) is 10.8 Å². The Bertz CT molecular complexity index is 1630. The standard InChI is InChI=1S/C30H29ClN4O5S/c1-21-3-7-24(8-4-21)19-35(41(38,39)28-15-5-22(2)6-16-28)20-27-14-13-26(40-27)18-33-34-30(37)29(36)32-17-23-9-11-25(31)12-10-23/h3-16,18H,17,19-20H2,1-2H3,(H,32,36)(H,34,37)/b33-18+. The zero-order valence-electron chi connectivity index (χ0n) is 22.5. The first kappa shape index (κ1) is 29.7. The second-order valence-corrected chi connectivity index (χ2v) is 11.8. The van der Waals surface area contributed by atoms with Crippen LogP contribution in [0.4, 0.5) is 0 Å². The lowest BCUT2D eigenvalue weighted by Gasteiger charge is -2.21. The van der Waals surface area contributed by atoms with Crippen LogP contribution in [0.15, 0.2) is 99.3 Å². The molecule has 0 aliphatic heterocycles. The Morgan fingerprint density at radius 1 is 0.829 bits per heavy atom. The van der Waals surface area contributed by atoms with Crippen LogP contribution in [0.25, 0.3) is 0 Å². The van der Waals surface area contributed by atoms with Crippen molar-refractivity contribution in [2.24, 2.45) is 5.10 Å². The molecule has 9 nitrogen and oxygen atoms in total. The summed E-state index contributed by atoms with van der Waals surface area (Å²) in [6.07, 6.45) is 1.23. The van der Waals surface area contributed by atoms with E-state index in [9.17, 15) is 18.0 Å². The number of nitrogens with one attached hydrogen (secondary N) is 2. The number of rotatable bonds is 10. The zero-order chi connectivity index (χ0) is 29.4. The van der Waals surface area contributed by atoms with E-state index in [1.54, 1.807) is 60.7 Å². The van der Waals surface area contributed by atoms with Crippen LogP contribution in [0.2, 0.25) is 5.02 Å². The van der Waals surface area contributed by atoms with Gasteiger partial charge in [-0.1, -0.05) is 71.3 Å². The summed E-state index contributed by atoms with van der Waals surface area (Å²) in [7, 11) is -3.85. The molecule has 2 N–H and O–H groups in total. The number of amides is 2. The quantitative estimate of drug-likeness (QED) is 0.157. The molecule has 0 aliphatic rings. The van der Waals surface area contributed by atoms with Gasteiger partial charge in [-0.25, -0.2) is 13.8 Å². The van der Waals surface area contributed by atoms with E-state index in [2.05, 4.69) is 15.8 Å². The minimum Gasteiger partial charge on any atom is -0.459 e. The first-order chi connectivity index (χ1) is 19.6. The molecule has 0 spiro atoms. The maximum atomic E-state index is 13.6. The van der Waals surface area contributed by atoms with E-state index < -0.39 is 21.8 Å². The van der Waals surface area contributed by atoms with Gasteiger partial charge >= 0.3 is 11.8 Å². The summed E-state index contributed by atoms with van der Waals surface area (Å²) in [5.74, 6) is -1.16. The fourth-order valence-electron chi connectivity index (χ4n) is 3.78. The van der Waals surface area contributed by atoms with Crippen molar-refractivity contribution in [2.75, 3.05) is 0 Å². The first-order valence-electron chi connectivity index (χ1n) is 12.7. The van der Waals surface area contributed by atoms with Crippen LogP contribution in [-0.4, -0.2) is 30.8 Å². The molecule has 0 radical (unpaired) electrons. The van der Waals surface area contributed by atoms with E-state index in [1.165, 1.54) is 10.5 Å². The summed E-state index contributed by atoms with van der Waals surface area (Å²) in [4.78, 5) is 24.3. The van der Waals surface area contributed by atoms with Crippen LogP contribution < -0.4 is 10.7 Å². The minimum atomic E-state index is -3.85. The van der Waals surface area contributed by atoms with Crippen LogP contribution in [0.1, 0.15) is 33.8 Å². The highest BCUT2D eigenvalue weighted by atomic mass is 35.5. The first-order valence-corrected chi connectivity index (χ1v) is 14.5. The fraction of sp³-hybridized carbons (Fsp3) is 0.167. The third-order valence-electron chi connectivity index (χ3n) is 6.08. The summed E-state index contributed by atoms with van der Waals surface area (Å²) in [5.41, 5.74) is 5.78. The van der Waals surface area contributed by atoms with Crippen LogP contribution in [0.3, 0.4) is 0 Å². The van der Waals surface area contributed by atoms with Gasteiger partial charge in [-0.05, 0) is 61.4 Å². The van der Waals surface area contributed by atoms with Gasteiger partial charge in [-0.3, -0.25) is 9.59 Å². The number of furan rings is 1. The van der Waals surface area contributed by atoms with Crippen molar-refractivity contribution < 1.29 is 22.4 Å². The molecular formula is C30H29ClN4O5S. The lowest BCUT2D eigenvalue weighted by atomic mass is 10.1. The molecule has 0 aliphatic carbocycles. The maximum Gasteiger partial charge on any atom is 0.329 e. The van der Waals surface area contributed by atoms with Crippen molar-refractivity contribution in [2.45, 2.75) is 38.4 Å². The SMILES string of the molecule is Cc1ccc(CN(Cc2ccc(/C=N/NC(=O)C(=O)NCc3ccc(Cl)cc3)o2)S(=O)(=O)c2ccc(C)cc2)cc1. The highest BCUT2D eigenvalue weighted by molar-refractivity contribution is 7.89. The van der Waals surface area contributed by atoms with Crippen molar-refractivity contribution in [3.63, 3.8) is 0 Å². The largest absolute Gasteiger partial charge is 0.459 e. The number of aryl methyl sites for hydroxylation is 2. The van der Waals surface area contributed by atoms with Crippen molar-refractivity contribution >= 4 is 39.7 Å². The van der Waals surface area contributed by atoms with E-state index in [-0.39, 0.29) is 30.3 Å². The molecule has 11 heteroatoms. The van der Waals surface area contributed by atoms with Gasteiger partial charge in [-0.15, -0.1) is 0 Å². The molecular weight excluding hydrogens is 564 g/mol. The van der Waals surface area contributed by atoms with Crippen molar-refractivity contribution in [3.05, 3.63) is 124 Å². The molecule has 0 bridgehead atoms. The summed E-state index contributed by atoms with van der Waals surface area (Å²) in [6.45, 7) is 4.12. The van der Waals surface area contributed by atoms with Gasteiger partial charge < -0.3 is 9.73 Å². The molecule has 0 atom stereocenters. The smallest absolute Gasteiger partial charge is 0.329 e. The van der Waals surface area contributed by atoms with Crippen molar-refractivity contribution in [3.8, 4) is 0 Å². The Balaban J connectivity index is 1.40. The average molecular weight is 593 g/mol. The summed E-state index contributed by atoms with van der Waals surface area (Å²) < 4.78 is 34.2. The molecule has 212 valence electrons. The van der Waals surface area contributed by atoms with E-state index >= 15 is 0 Å². The Labute approximate surface area is 243 Å². The molecule has 2 amide bonds. The molecule has 0 saturated carbocycles. The van der Waals surface area contributed by atoms with Gasteiger partial charge in [-0.2, -0.15) is 9.41 Å². The Morgan fingerprint density at radius 3 is 2.10 bits per heavy atom. The van der Waals surface area contributed by atoms with Gasteiger partial charge in [0.1, 0.15) is 11.5 Å². The van der Waals surface area contributed by atoms with E-state index in [1.807, 2.05) is 38.1 Å². The van der Waals surface area contributed by atoms with Gasteiger partial charge in [0.25, 0.3) is 0 Å². The monoisotopic (exact) mass is 592 g/mol. The second kappa shape index (κ2) is 13.4. The number of hydrazone groups is 1. The van der Waals surface area contributed by atoms with E-state index in [4.69, 9.17) is 16.0 Å². The van der Waals surface area contributed by atoms with E-state index in [0.717, 1.165) is 22.3 Å². The third-order valence-corrected chi connectivity index (χ3v) is 8.14. The lowest BCUT2D eigenvalue weighted by Crippen LogP contribution is -2.37. The lowest BCUT2D eigenvalue weighted by molar-refractivity contribution is -0.139. The molecule has 4 aromatic rings. The topological polar surface area (TPSA) is 121 Å². The van der Waals surface area contributed by atoms with Gasteiger partial charge in [0.2, 0.25) is 10.0 Å². The molecule has 0 saturated heterocycles. The van der Waals surface area contributed by atoms with Crippen molar-refractivity contribution in [1.82, 2.24) is 15.0 Å². The van der Waals surface area contributed by atoms with Crippen LogP contribution in [0, 0.1) is 13.8 Å². The summed E-state index contributed by atoms with van der Waals surface area (Å²) in [6, 6.07) is 24.4. The highest BCUT2D eigenvalue weighted by Gasteiger charge is 2.26. The predicted molar refractivity (Wildman–Crippen MR) is 157 cm³/mol. The van der Waals surface area contributed by atoms with Gasteiger partial charge in [0.05, 0.1) is 17.7 Å². The number of carbonyl (C=O) groups excluding carboxylic acids is 2. The number of halogens is 1. The number of nitrogens with zero attached hydrogens (tertiary/aromatic N) is 2. The third kappa shape index (κ3) is 8.37. The highest BCUT2D eigenvalue weighted by Crippen LogP contribution is 2.22. The Hall–Kier alpha value is -4.25. The Kier molecular flexibility index (Phi) is 9.72. The fourth-order valence-corrected chi connectivity index (χ4v) is 5.30. The maximum absolute atomic E-state index is 13.6. The van der Waals surface area contributed by atoms with Crippen LogP contribution in [-0.2, 0) is 39.2 Å². The summed E-state index contributed by atoms with van der Waals surface area (Å²) >= 11 is 5.84. The van der Waals surface area contributed by atoms with Crippen LogP contribution in [0.5, 0.6) is 0 Å². The van der Waals surface area contributed by atoms with Gasteiger partial charge in [0, 0.05) is 18.1 Å². The zero-order valence-corrected chi connectivity index (χ0v) is 24.1. The predicted octanol–water partition coefficient (Wildman–Crippen LogP) is 4.71. The molecule has 0 fully saturated rings. The molecule has 1 heterocycles. The van der Waals surface area contributed by atoms with Gasteiger partial charge in [0.15, 0.2) is 0 Å². The molecule has 0 unspecified atom stereocenters. The second-order valence-electron chi connectivity index (χ2n) is 9.38.